The van der Waals surface area contributed by atoms with Crippen LogP contribution < -0.4 is 10.6 Å². The van der Waals surface area contributed by atoms with E-state index in [0.29, 0.717) is 0 Å². The van der Waals surface area contributed by atoms with Crippen LogP contribution in [0.25, 0.3) is 11.0 Å². The molecule has 0 aliphatic carbocycles. The van der Waals surface area contributed by atoms with Gasteiger partial charge in [-0.25, -0.2) is 17.4 Å². The highest BCUT2D eigenvalue weighted by Crippen LogP contribution is 2.37. The predicted molar refractivity (Wildman–Crippen MR) is 101 cm³/mol. The van der Waals surface area contributed by atoms with Gasteiger partial charge in [0, 0.05) is 22.7 Å². The molecule has 0 bridgehead atoms. The van der Waals surface area contributed by atoms with Crippen LogP contribution in [0.15, 0.2) is 53.7 Å². The Hall–Kier alpha value is -2.91. The number of methoxy groups -OCH3 is 1. The molecule has 4 rings (SSSR count). The monoisotopic (exact) mass is 392 g/mol. The van der Waals surface area contributed by atoms with Crippen LogP contribution in [0, 0.1) is 0 Å². The second-order valence-corrected chi connectivity index (χ2v) is 7.80. The van der Waals surface area contributed by atoms with Gasteiger partial charge >= 0.3 is 0 Å². The molecular weight excluding hydrogens is 368 g/mol. The van der Waals surface area contributed by atoms with Crippen LogP contribution in [0.5, 0.6) is 0 Å². The second kappa shape index (κ2) is 6.07. The number of carbonyl (C=O) groups is 1. The largest absolute Gasteiger partial charge is 0.382 e. The zero-order valence-corrected chi connectivity index (χ0v) is 14.6. The van der Waals surface area contributed by atoms with E-state index < -0.39 is 42.0 Å². The molecule has 2 aromatic heterocycles. The molecule has 140 valence electrons. The number of aromatic nitrogens is 2. The molecule has 0 saturated carbocycles. The molecule has 8 nitrogen and oxygen atoms in total. The number of hydrogen-bond donors (Lipinski definition) is 2. The van der Waals surface area contributed by atoms with E-state index in [9.17, 15) is 13.2 Å². The molecule has 1 aliphatic heterocycles. The summed E-state index contributed by atoms with van der Waals surface area (Å²) >= 11 is 0. The van der Waals surface area contributed by atoms with Gasteiger partial charge in [0.05, 0.1) is 33.2 Å². The molecule has 9 heteroatoms. The molecule has 0 spiro atoms. The first-order valence-corrected chi connectivity index (χ1v) is 9.25. The first-order valence-electron chi connectivity index (χ1n) is 10.8. The molecule has 1 aliphatic rings. The Bertz CT molecular complexity index is 1340. The van der Waals surface area contributed by atoms with Gasteiger partial charge in [0.1, 0.15) is 5.54 Å². The van der Waals surface area contributed by atoms with E-state index >= 15 is 0 Å². The quantitative estimate of drug-likeness (QED) is 0.704. The van der Waals surface area contributed by atoms with Crippen molar-refractivity contribution in [3.8, 4) is 0 Å². The van der Waals surface area contributed by atoms with E-state index in [-0.39, 0.29) is 27.3 Å². The standard InChI is InChI=1S/C18H18N4O4S/c1-18(11-26-2)17(23)20-14-10-19-16-13(15(14)21-18)8-9-22(16)27(24,25)12-6-4-3-5-7-12/h3-10,21H,11H2,1-2H3,(H,20,23)/t18-/m1/s1/i1D3,2D3. The lowest BCUT2D eigenvalue weighted by atomic mass is 9.98. The van der Waals surface area contributed by atoms with Crippen molar-refractivity contribution in [2.24, 2.45) is 0 Å². The van der Waals surface area contributed by atoms with Crippen LogP contribution in [0.1, 0.15) is 15.1 Å². The number of fused-ring (bicyclic) bond motifs is 3. The molecule has 0 saturated heterocycles. The van der Waals surface area contributed by atoms with Crippen LogP contribution in [0.3, 0.4) is 0 Å². The van der Waals surface area contributed by atoms with Gasteiger partial charge in [0.2, 0.25) is 0 Å². The molecule has 1 atom stereocenters. The minimum absolute atomic E-state index is 0.0163. The Morgan fingerprint density at radius 3 is 2.85 bits per heavy atom. The zero-order valence-electron chi connectivity index (χ0n) is 19.8. The van der Waals surface area contributed by atoms with Crippen LogP contribution >= 0.6 is 0 Å². The van der Waals surface area contributed by atoms with E-state index in [0.717, 1.165) is 3.97 Å². The van der Waals surface area contributed by atoms with Crippen molar-refractivity contribution in [3.63, 3.8) is 0 Å². The molecule has 0 unspecified atom stereocenters. The van der Waals surface area contributed by atoms with Gasteiger partial charge in [0.15, 0.2) is 5.65 Å². The van der Waals surface area contributed by atoms with Gasteiger partial charge in [-0.05, 0) is 25.1 Å². The maximum Gasteiger partial charge on any atom is 0.269 e. The van der Waals surface area contributed by atoms with E-state index in [2.05, 4.69) is 15.6 Å². The van der Waals surface area contributed by atoms with Gasteiger partial charge in [-0.3, -0.25) is 4.79 Å². The maximum absolute atomic E-state index is 13.1. The Labute approximate surface area is 164 Å². The number of pyridine rings is 1. The van der Waals surface area contributed by atoms with Crippen LogP contribution in [-0.2, 0) is 19.6 Å². The number of carbonyl (C=O) groups excluding carboxylic acids is 1. The summed E-state index contributed by atoms with van der Waals surface area (Å²) in [5, 5.41) is 5.25. The minimum Gasteiger partial charge on any atom is -0.382 e. The highest BCUT2D eigenvalue weighted by molar-refractivity contribution is 7.90. The van der Waals surface area contributed by atoms with Gasteiger partial charge in [-0.2, -0.15) is 0 Å². The van der Waals surface area contributed by atoms with Crippen LogP contribution in [0.4, 0.5) is 11.4 Å². The van der Waals surface area contributed by atoms with Crippen molar-refractivity contribution < 1.29 is 26.2 Å². The number of nitrogens with zero attached hydrogens (tertiary/aromatic N) is 2. The highest BCUT2D eigenvalue weighted by atomic mass is 32.2. The summed E-state index contributed by atoms with van der Waals surface area (Å²) in [6.45, 7) is -4.01. The molecule has 2 N–H and O–H groups in total. The third-order valence-corrected chi connectivity index (χ3v) is 5.92. The average Bonchev–Trinajstić information content (AvgIpc) is 3.17. The summed E-state index contributed by atoms with van der Waals surface area (Å²) < 4.78 is 77.2. The first kappa shape index (κ1) is 11.7. The summed E-state index contributed by atoms with van der Waals surface area (Å²) in [7, 11) is -6.96. The number of rotatable bonds is 4. The molecule has 3 aromatic rings. The van der Waals surface area contributed by atoms with Gasteiger partial charge in [-0.15, -0.1) is 0 Å². The van der Waals surface area contributed by atoms with Crippen molar-refractivity contribution >= 4 is 38.3 Å². The molecule has 3 heterocycles. The maximum atomic E-state index is 13.1. The van der Waals surface area contributed by atoms with Crippen LogP contribution in [0.2, 0.25) is 0 Å². The number of amides is 1. The van der Waals surface area contributed by atoms with Crippen molar-refractivity contribution in [1.82, 2.24) is 8.96 Å². The molecule has 1 aromatic carbocycles. The molecule has 1 amide bonds. The summed E-state index contributed by atoms with van der Waals surface area (Å²) in [5.41, 5.74) is -2.27. The second-order valence-electron chi connectivity index (χ2n) is 5.99. The summed E-state index contributed by atoms with van der Waals surface area (Å²) in [6.07, 6.45) is 2.45. The van der Waals surface area contributed by atoms with Crippen molar-refractivity contribution in [1.29, 1.82) is 0 Å². The predicted octanol–water partition coefficient (Wildman–Crippen LogP) is 2.04. The van der Waals surface area contributed by atoms with E-state index in [1.807, 2.05) is 0 Å². The number of benzene rings is 1. The normalized spacial score (nSPS) is 23.6. The average molecular weight is 392 g/mol. The lowest BCUT2D eigenvalue weighted by Crippen LogP contribution is -2.53. The number of hydrogen-bond acceptors (Lipinski definition) is 6. The van der Waals surface area contributed by atoms with E-state index in [4.69, 9.17) is 13.0 Å². The topological polar surface area (TPSA) is 102 Å². The SMILES string of the molecule is [2H]C([2H])([2H])OC[C@@]1(C([2H])([2H])[2H])Nc2c(cnc3c2ccn3S(=O)(=O)c2ccccc2)NC1=O. The van der Waals surface area contributed by atoms with E-state index in [1.54, 1.807) is 18.2 Å². The van der Waals surface area contributed by atoms with Crippen molar-refractivity contribution in [2.75, 3.05) is 24.3 Å². The molecule has 0 radical (unpaired) electrons. The lowest BCUT2D eigenvalue weighted by Gasteiger charge is -2.35. The molecule has 27 heavy (non-hydrogen) atoms. The Kier molecular flexibility index (Phi) is 2.64. The fourth-order valence-electron chi connectivity index (χ4n) is 2.90. The number of anilines is 2. The summed E-state index contributed by atoms with van der Waals surface area (Å²) in [6, 6.07) is 9.06. The van der Waals surface area contributed by atoms with Crippen molar-refractivity contribution in [2.45, 2.75) is 17.3 Å². The van der Waals surface area contributed by atoms with Crippen molar-refractivity contribution in [3.05, 3.63) is 48.8 Å². The smallest absolute Gasteiger partial charge is 0.269 e. The minimum atomic E-state index is -4.02. The number of nitrogens with one attached hydrogen (secondary N) is 2. The lowest BCUT2D eigenvalue weighted by molar-refractivity contribution is -0.121. The summed E-state index contributed by atoms with van der Waals surface area (Å²) in [5.74, 6) is -1.03. The fraction of sp³-hybridized carbons (Fsp3) is 0.222. The highest BCUT2D eigenvalue weighted by Gasteiger charge is 2.39. The summed E-state index contributed by atoms with van der Waals surface area (Å²) in [4.78, 5) is 17.0. The Morgan fingerprint density at radius 2 is 2.11 bits per heavy atom. The van der Waals surface area contributed by atoms with E-state index in [1.165, 1.54) is 30.6 Å². The zero-order chi connectivity index (χ0) is 24.2. The Balaban J connectivity index is 1.85. The third kappa shape index (κ3) is 2.66. The number of ether oxygens (including phenoxy) is 1. The van der Waals surface area contributed by atoms with Gasteiger partial charge < -0.3 is 15.4 Å². The molecular formula is C18H18N4O4S. The fourth-order valence-corrected chi connectivity index (χ4v) is 4.22. The first-order chi connectivity index (χ1) is 15.3. The van der Waals surface area contributed by atoms with Crippen LogP contribution in [-0.4, -0.2) is 42.5 Å². The molecule has 0 fully saturated rings. The third-order valence-electron chi connectivity index (χ3n) is 4.24. The van der Waals surface area contributed by atoms with Gasteiger partial charge in [0.25, 0.3) is 15.9 Å². The Morgan fingerprint density at radius 1 is 1.30 bits per heavy atom. The van der Waals surface area contributed by atoms with Gasteiger partial charge in [-0.1, -0.05) is 18.2 Å².